The molecule has 0 radical (unpaired) electrons. The Morgan fingerprint density at radius 3 is 2.57 bits per heavy atom. The average molecular weight is 291 g/mol. The lowest BCUT2D eigenvalue weighted by molar-refractivity contribution is -0.207. The molecule has 116 valence electrons. The van der Waals surface area contributed by atoms with Crippen molar-refractivity contribution in [2.24, 2.45) is 0 Å². The summed E-state index contributed by atoms with van der Waals surface area (Å²) in [4.78, 5) is 0. The van der Waals surface area contributed by atoms with Gasteiger partial charge in [-0.1, -0.05) is 25.0 Å². The van der Waals surface area contributed by atoms with Crippen LogP contribution >= 0.6 is 0 Å². The molecule has 3 rings (SSSR count). The highest BCUT2D eigenvalue weighted by molar-refractivity contribution is 5.28. The van der Waals surface area contributed by atoms with Gasteiger partial charge in [0.1, 0.15) is 11.4 Å². The molecule has 1 saturated heterocycles. The summed E-state index contributed by atoms with van der Waals surface area (Å²) in [6, 6.07) is 7.84. The van der Waals surface area contributed by atoms with E-state index in [4.69, 9.17) is 4.74 Å². The van der Waals surface area contributed by atoms with E-state index in [1.807, 2.05) is 24.3 Å². The third kappa shape index (κ3) is 2.56. The highest BCUT2D eigenvalue weighted by atomic mass is 16.5. The quantitative estimate of drug-likeness (QED) is 0.792. The molecule has 1 aliphatic carbocycles. The van der Waals surface area contributed by atoms with E-state index in [0.717, 1.165) is 37.1 Å². The van der Waals surface area contributed by atoms with Crippen LogP contribution in [0, 0.1) is 0 Å². The number of methoxy groups -OCH3 is 1. The van der Waals surface area contributed by atoms with E-state index in [9.17, 15) is 10.2 Å². The third-order valence-corrected chi connectivity index (χ3v) is 5.31. The van der Waals surface area contributed by atoms with Crippen LogP contribution < -0.4 is 10.1 Å². The summed E-state index contributed by atoms with van der Waals surface area (Å²) in [7, 11) is 1.66. The standard InChI is InChI=1S/C17H25NO3/c1-21-14-6-4-13(5-7-14)12-15-17(20)9-3-2-8-16(17,19)10-11-18-15/h4-7,15,18-20H,2-3,8-12H2,1H3. The molecule has 2 fully saturated rings. The fourth-order valence-corrected chi connectivity index (χ4v) is 3.96. The van der Waals surface area contributed by atoms with Crippen LogP contribution in [-0.4, -0.2) is 41.1 Å². The van der Waals surface area contributed by atoms with Gasteiger partial charge in [0.25, 0.3) is 0 Å². The van der Waals surface area contributed by atoms with E-state index in [2.05, 4.69) is 5.32 Å². The monoisotopic (exact) mass is 291 g/mol. The van der Waals surface area contributed by atoms with Crippen LogP contribution in [0.1, 0.15) is 37.7 Å². The number of hydrogen-bond acceptors (Lipinski definition) is 4. The Morgan fingerprint density at radius 2 is 1.86 bits per heavy atom. The zero-order valence-electron chi connectivity index (χ0n) is 12.6. The van der Waals surface area contributed by atoms with Gasteiger partial charge >= 0.3 is 0 Å². The Morgan fingerprint density at radius 1 is 1.14 bits per heavy atom. The number of fused-ring (bicyclic) bond motifs is 1. The fourth-order valence-electron chi connectivity index (χ4n) is 3.96. The van der Waals surface area contributed by atoms with E-state index >= 15 is 0 Å². The molecule has 1 aliphatic heterocycles. The van der Waals surface area contributed by atoms with Crippen LogP contribution in [-0.2, 0) is 6.42 Å². The molecule has 0 bridgehead atoms. The van der Waals surface area contributed by atoms with Crippen LogP contribution in [0.3, 0.4) is 0 Å². The van der Waals surface area contributed by atoms with Crippen molar-refractivity contribution in [3.8, 4) is 5.75 Å². The first-order chi connectivity index (χ1) is 10.1. The fraction of sp³-hybridized carbons (Fsp3) is 0.647. The Hall–Kier alpha value is -1.10. The molecule has 2 aliphatic rings. The second-order valence-corrected chi connectivity index (χ2v) is 6.47. The van der Waals surface area contributed by atoms with E-state index in [0.29, 0.717) is 19.3 Å². The number of benzene rings is 1. The van der Waals surface area contributed by atoms with Crippen molar-refractivity contribution in [2.45, 2.75) is 55.8 Å². The van der Waals surface area contributed by atoms with Crippen molar-refractivity contribution in [3.05, 3.63) is 29.8 Å². The van der Waals surface area contributed by atoms with Crippen LogP contribution in [0.15, 0.2) is 24.3 Å². The van der Waals surface area contributed by atoms with Crippen LogP contribution in [0.5, 0.6) is 5.75 Å². The number of aliphatic hydroxyl groups is 2. The minimum absolute atomic E-state index is 0.0926. The molecule has 1 aromatic rings. The first kappa shape index (κ1) is 14.8. The lowest BCUT2D eigenvalue weighted by Crippen LogP contribution is -2.71. The molecule has 1 heterocycles. The molecule has 3 N–H and O–H groups in total. The Kier molecular flexibility index (Phi) is 3.95. The number of rotatable bonds is 3. The Balaban J connectivity index is 1.79. The Labute approximate surface area is 126 Å². The average Bonchev–Trinajstić information content (AvgIpc) is 2.49. The van der Waals surface area contributed by atoms with Gasteiger partial charge < -0.3 is 20.3 Å². The lowest BCUT2D eigenvalue weighted by atomic mass is 9.63. The topological polar surface area (TPSA) is 61.7 Å². The maximum Gasteiger partial charge on any atom is 0.118 e. The lowest BCUT2D eigenvalue weighted by Gasteiger charge is -2.54. The van der Waals surface area contributed by atoms with E-state index in [-0.39, 0.29) is 6.04 Å². The van der Waals surface area contributed by atoms with Crippen molar-refractivity contribution >= 4 is 0 Å². The molecular formula is C17H25NO3. The van der Waals surface area contributed by atoms with E-state index in [1.165, 1.54) is 0 Å². The van der Waals surface area contributed by atoms with Crippen molar-refractivity contribution in [1.82, 2.24) is 5.32 Å². The number of ether oxygens (including phenoxy) is 1. The summed E-state index contributed by atoms with van der Waals surface area (Å²) in [6.45, 7) is 0.764. The van der Waals surface area contributed by atoms with Crippen LogP contribution in [0.4, 0.5) is 0 Å². The minimum atomic E-state index is -1.01. The molecule has 0 spiro atoms. The predicted octanol–water partition coefficient (Wildman–Crippen LogP) is 1.64. The molecule has 0 aromatic heterocycles. The van der Waals surface area contributed by atoms with Gasteiger partial charge in [0, 0.05) is 6.04 Å². The molecule has 4 nitrogen and oxygen atoms in total. The summed E-state index contributed by atoms with van der Waals surface area (Å²) >= 11 is 0. The normalized spacial score (nSPS) is 36.0. The summed E-state index contributed by atoms with van der Waals surface area (Å²) in [6.07, 6.45) is 4.75. The SMILES string of the molecule is COc1ccc(CC2NCCC3(O)CCCCC23O)cc1. The number of piperidine rings is 1. The highest BCUT2D eigenvalue weighted by Crippen LogP contribution is 2.44. The summed E-state index contributed by atoms with van der Waals surface area (Å²) < 4.78 is 5.18. The predicted molar refractivity (Wildman–Crippen MR) is 81.5 cm³/mol. The second kappa shape index (κ2) is 5.59. The van der Waals surface area contributed by atoms with Gasteiger partial charge in [-0.2, -0.15) is 0 Å². The van der Waals surface area contributed by atoms with E-state index in [1.54, 1.807) is 7.11 Å². The molecule has 1 aromatic carbocycles. The van der Waals surface area contributed by atoms with Gasteiger partial charge in [-0.25, -0.2) is 0 Å². The zero-order chi connectivity index (χ0) is 14.9. The second-order valence-electron chi connectivity index (χ2n) is 6.47. The Bertz CT molecular complexity index is 485. The largest absolute Gasteiger partial charge is 0.497 e. The number of nitrogens with one attached hydrogen (secondary N) is 1. The molecule has 21 heavy (non-hydrogen) atoms. The first-order valence-corrected chi connectivity index (χ1v) is 7.88. The van der Waals surface area contributed by atoms with Crippen molar-refractivity contribution < 1.29 is 14.9 Å². The minimum Gasteiger partial charge on any atom is -0.497 e. The molecule has 0 amide bonds. The summed E-state index contributed by atoms with van der Waals surface area (Å²) in [5, 5.41) is 25.4. The molecular weight excluding hydrogens is 266 g/mol. The van der Waals surface area contributed by atoms with Gasteiger partial charge in [0.15, 0.2) is 0 Å². The maximum atomic E-state index is 11.1. The van der Waals surface area contributed by atoms with Crippen LogP contribution in [0.25, 0.3) is 0 Å². The molecule has 1 saturated carbocycles. The first-order valence-electron chi connectivity index (χ1n) is 7.88. The summed E-state index contributed by atoms with van der Waals surface area (Å²) in [5.41, 5.74) is -0.784. The van der Waals surface area contributed by atoms with Crippen molar-refractivity contribution in [3.63, 3.8) is 0 Å². The van der Waals surface area contributed by atoms with Gasteiger partial charge in [0.05, 0.1) is 12.7 Å². The van der Waals surface area contributed by atoms with Crippen LogP contribution in [0.2, 0.25) is 0 Å². The maximum absolute atomic E-state index is 11.1. The van der Waals surface area contributed by atoms with E-state index < -0.39 is 11.2 Å². The molecule has 3 unspecified atom stereocenters. The zero-order valence-corrected chi connectivity index (χ0v) is 12.6. The summed E-state index contributed by atoms with van der Waals surface area (Å²) in [5.74, 6) is 0.836. The molecule has 4 heteroatoms. The molecule has 3 atom stereocenters. The van der Waals surface area contributed by atoms with Crippen molar-refractivity contribution in [2.75, 3.05) is 13.7 Å². The van der Waals surface area contributed by atoms with Gasteiger partial charge in [-0.15, -0.1) is 0 Å². The van der Waals surface area contributed by atoms with Gasteiger partial charge in [-0.3, -0.25) is 0 Å². The van der Waals surface area contributed by atoms with Gasteiger partial charge in [0.2, 0.25) is 0 Å². The number of hydrogen-bond donors (Lipinski definition) is 3. The van der Waals surface area contributed by atoms with Crippen molar-refractivity contribution in [1.29, 1.82) is 0 Å². The highest BCUT2D eigenvalue weighted by Gasteiger charge is 2.56. The third-order valence-electron chi connectivity index (χ3n) is 5.31. The van der Waals surface area contributed by atoms with Gasteiger partial charge in [-0.05, 0) is 49.9 Å². The smallest absolute Gasteiger partial charge is 0.118 e.